The van der Waals surface area contributed by atoms with Gasteiger partial charge in [0.25, 0.3) is 0 Å². The van der Waals surface area contributed by atoms with Gasteiger partial charge >= 0.3 is 0 Å². The molecule has 0 saturated heterocycles. The van der Waals surface area contributed by atoms with Crippen LogP contribution in [-0.2, 0) is 10.8 Å². The summed E-state index contributed by atoms with van der Waals surface area (Å²) < 4.78 is 4.47. The van der Waals surface area contributed by atoms with Gasteiger partial charge in [0.1, 0.15) is 12.1 Å². The second kappa shape index (κ2) is 11.9. The number of benzene rings is 9. The number of rotatable bonds is 2. The fourth-order valence-electron chi connectivity index (χ4n) is 11.8. The minimum Gasteiger partial charge on any atom is -0.308 e. The highest BCUT2D eigenvalue weighted by Crippen LogP contribution is 2.56. The molecule has 290 valence electrons. The van der Waals surface area contributed by atoms with Crippen LogP contribution in [0.4, 0.5) is 0 Å². The van der Waals surface area contributed by atoms with E-state index in [4.69, 9.17) is 0 Å². The maximum absolute atomic E-state index is 11.3. The summed E-state index contributed by atoms with van der Waals surface area (Å²) in [5.74, 6) is 0. The minimum absolute atomic E-state index is 0.182. The summed E-state index contributed by atoms with van der Waals surface area (Å²) in [6.07, 6.45) is 0. The van der Waals surface area contributed by atoms with Gasteiger partial charge in [-0.3, -0.25) is 0 Å². The monoisotopic (exact) mass is 790 g/mol. The molecule has 4 nitrogen and oxygen atoms in total. The summed E-state index contributed by atoms with van der Waals surface area (Å²) in [5, 5.41) is 31.8. The Morgan fingerprint density at radius 1 is 0.387 bits per heavy atom. The Hall–Kier alpha value is -7.92. The van der Waals surface area contributed by atoms with Crippen LogP contribution in [0.3, 0.4) is 0 Å². The van der Waals surface area contributed by atoms with Crippen molar-refractivity contribution in [2.45, 2.75) is 38.5 Å². The highest BCUT2D eigenvalue weighted by atomic mass is 15.0. The maximum Gasteiger partial charge on any atom is 0.101 e. The molecular formula is C58H38N4. The van der Waals surface area contributed by atoms with Crippen molar-refractivity contribution in [3.63, 3.8) is 0 Å². The molecule has 2 aliphatic rings. The van der Waals surface area contributed by atoms with Gasteiger partial charge in [-0.25, -0.2) is 0 Å². The summed E-state index contributed by atoms with van der Waals surface area (Å²) >= 11 is 0. The Morgan fingerprint density at radius 2 is 0.758 bits per heavy atom. The van der Waals surface area contributed by atoms with Gasteiger partial charge < -0.3 is 9.13 Å². The number of hydrogen-bond donors (Lipinski definition) is 0. The van der Waals surface area contributed by atoms with Crippen LogP contribution in [0.5, 0.6) is 0 Å². The second-order valence-electron chi connectivity index (χ2n) is 18.2. The average Bonchev–Trinajstić information content (AvgIpc) is 3.97. The van der Waals surface area contributed by atoms with Gasteiger partial charge in [0, 0.05) is 32.4 Å². The van der Waals surface area contributed by atoms with Crippen molar-refractivity contribution < 1.29 is 0 Å². The van der Waals surface area contributed by atoms with E-state index in [9.17, 15) is 10.5 Å². The molecule has 62 heavy (non-hydrogen) atoms. The molecule has 2 heterocycles. The third-order valence-electron chi connectivity index (χ3n) is 14.6. The third kappa shape index (κ3) is 4.19. The molecule has 2 aromatic heterocycles. The summed E-state index contributed by atoms with van der Waals surface area (Å²) in [7, 11) is 0. The van der Waals surface area contributed by atoms with Crippen LogP contribution in [0.1, 0.15) is 61.1 Å². The predicted molar refractivity (Wildman–Crippen MR) is 255 cm³/mol. The molecule has 0 radical (unpaired) electrons. The molecule has 0 aliphatic heterocycles. The molecule has 0 saturated carbocycles. The molecule has 0 bridgehead atoms. The molecule has 0 unspecified atom stereocenters. The van der Waals surface area contributed by atoms with Gasteiger partial charge in [0.05, 0.1) is 44.6 Å². The normalized spacial score (nSPS) is 14.4. The topological polar surface area (TPSA) is 57.4 Å². The first-order chi connectivity index (χ1) is 30.2. The Labute approximate surface area is 358 Å². The first-order valence-electron chi connectivity index (χ1n) is 21.4. The van der Waals surface area contributed by atoms with Crippen LogP contribution in [0.15, 0.2) is 158 Å². The SMILES string of the molecule is CC1(C)c2ccccc2-c2c1ccc1c2c2c3ccccc3ccc2n1-c1cc(C#N)c(-n2c3ccc4c(c3c3c5ccccc5ccc32)-c2ccccc2C4(C)C)cc1C#N. The lowest BCUT2D eigenvalue weighted by Crippen LogP contribution is -2.14. The zero-order valence-electron chi connectivity index (χ0n) is 34.8. The maximum atomic E-state index is 11.3. The van der Waals surface area contributed by atoms with Gasteiger partial charge in [-0.2, -0.15) is 10.5 Å². The van der Waals surface area contributed by atoms with Crippen molar-refractivity contribution in [3.05, 3.63) is 191 Å². The molecule has 0 fully saturated rings. The lowest BCUT2D eigenvalue weighted by atomic mass is 9.82. The zero-order valence-corrected chi connectivity index (χ0v) is 34.8. The molecule has 2 aliphatic carbocycles. The third-order valence-corrected chi connectivity index (χ3v) is 14.6. The lowest BCUT2D eigenvalue weighted by molar-refractivity contribution is 0.660. The second-order valence-corrected chi connectivity index (χ2v) is 18.2. The number of fused-ring (bicyclic) bond motifs is 18. The van der Waals surface area contributed by atoms with E-state index in [1.165, 1.54) is 55.3 Å². The van der Waals surface area contributed by atoms with E-state index in [-0.39, 0.29) is 10.8 Å². The Morgan fingerprint density at radius 3 is 1.19 bits per heavy atom. The summed E-state index contributed by atoms with van der Waals surface area (Å²) in [5.41, 5.74) is 16.2. The predicted octanol–water partition coefficient (Wildman–Crippen LogP) is 14.5. The van der Waals surface area contributed by atoms with Crippen molar-refractivity contribution in [1.29, 1.82) is 10.5 Å². The molecule has 11 aromatic rings. The Bertz CT molecular complexity index is 3690. The van der Waals surface area contributed by atoms with Crippen LogP contribution in [-0.4, -0.2) is 9.13 Å². The number of aromatic nitrogens is 2. The summed E-state index contributed by atoms with van der Waals surface area (Å²) in [4.78, 5) is 0. The molecule has 0 spiro atoms. The van der Waals surface area contributed by atoms with Crippen molar-refractivity contribution in [2.75, 3.05) is 0 Å². The summed E-state index contributed by atoms with van der Waals surface area (Å²) in [6.45, 7) is 9.27. The largest absolute Gasteiger partial charge is 0.308 e. The molecule has 0 amide bonds. The average molecular weight is 791 g/mol. The van der Waals surface area contributed by atoms with E-state index >= 15 is 0 Å². The van der Waals surface area contributed by atoms with Crippen LogP contribution in [0, 0.1) is 22.7 Å². The van der Waals surface area contributed by atoms with Crippen LogP contribution >= 0.6 is 0 Å². The van der Waals surface area contributed by atoms with Crippen LogP contribution < -0.4 is 0 Å². The van der Waals surface area contributed by atoms with Gasteiger partial charge in [-0.05, 0) is 102 Å². The van der Waals surface area contributed by atoms with E-state index in [0.717, 1.165) is 54.4 Å². The minimum atomic E-state index is -0.182. The molecular weight excluding hydrogens is 753 g/mol. The quantitative estimate of drug-likeness (QED) is 0.175. The van der Waals surface area contributed by atoms with Crippen LogP contribution in [0.2, 0.25) is 0 Å². The van der Waals surface area contributed by atoms with Crippen LogP contribution in [0.25, 0.3) is 98.8 Å². The van der Waals surface area contributed by atoms with Crippen molar-refractivity contribution in [1.82, 2.24) is 9.13 Å². The van der Waals surface area contributed by atoms with Crippen molar-refractivity contribution in [2.24, 2.45) is 0 Å². The fraction of sp³-hybridized carbons (Fsp3) is 0.103. The van der Waals surface area contributed by atoms with Gasteiger partial charge in [-0.15, -0.1) is 0 Å². The number of hydrogen-bond acceptors (Lipinski definition) is 2. The van der Waals surface area contributed by atoms with E-state index in [2.05, 4.69) is 195 Å². The summed E-state index contributed by atoms with van der Waals surface area (Å²) in [6, 6.07) is 61.7. The van der Waals surface area contributed by atoms with Crippen molar-refractivity contribution in [3.8, 4) is 45.8 Å². The Kier molecular flexibility index (Phi) is 6.69. The Balaban J connectivity index is 1.15. The molecule has 9 aromatic carbocycles. The number of nitrogens with zero attached hydrogens (tertiary/aromatic N) is 4. The fourth-order valence-corrected chi connectivity index (χ4v) is 11.8. The highest BCUT2D eigenvalue weighted by Gasteiger charge is 2.39. The standard InChI is InChI=1S/C58H38N4/c1-57(2)41-19-11-9-17-39(41)51-43(57)23-27-47-55(51)53-37-15-7-5-13-33(37)21-25-45(53)61(47)49-29-36(32-60)50(30-35(49)31-59)62-46-26-22-34-14-6-8-16-38(34)54(46)56-48(62)28-24-44-52(56)40-18-10-12-20-42(40)58(44,3)4/h5-30H,1-4H3. The van der Waals surface area contributed by atoms with E-state index in [0.29, 0.717) is 22.5 Å². The van der Waals surface area contributed by atoms with Gasteiger partial charge in [0.15, 0.2) is 0 Å². The molecule has 4 heteroatoms. The first-order valence-corrected chi connectivity index (χ1v) is 21.4. The highest BCUT2D eigenvalue weighted by molar-refractivity contribution is 6.28. The zero-order chi connectivity index (χ0) is 41.8. The molecule has 13 rings (SSSR count). The molecule has 0 N–H and O–H groups in total. The van der Waals surface area contributed by atoms with Gasteiger partial charge in [0.2, 0.25) is 0 Å². The number of nitriles is 2. The molecule has 0 atom stereocenters. The first kappa shape index (κ1) is 34.9. The van der Waals surface area contributed by atoms with E-state index in [1.54, 1.807) is 0 Å². The van der Waals surface area contributed by atoms with Crippen molar-refractivity contribution >= 4 is 65.2 Å². The van der Waals surface area contributed by atoms with Gasteiger partial charge in [-0.1, -0.05) is 149 Å². The van der Waals surface area contributed by atoms with E-state index < -0.39 is 0 Å². The smallest absolute Gasteiger partial charge is 0.101 e. The van der Waals surface area contributed by atoms with E-state index in [1.807, 2.05) is 12.1 Å². The lowest BCUT2D eigenvalue weighted by Gasteiger charge is -2.21.